The van der Waals surface area contributed by atoms with Gasteiger partial charge in [0.1, 0.15) is 6.17 Å². The van der Waals surface area contributed by atoms with Crippen molar-refractivity contribution in [1.82, 2.24) is 10.2 Å². The van der Waals surface area contributed by atoms with E-state index in [9.17, 15) is 14.4 Å². The SMILES string of the molecule is O=C(Cc1ccccc1)NC(Cc1ccccc1)N1C(=O)C2C3C=CC(C3)C2C1=O. The van der Waals surface area contributed by atoms with Crippen molar-refractivity contribution >= 4 is 17.7 Å². The molecule has 3 amide bonds. The molecule has 1 heterocycles. The molecule has 1 aliphatic heterocycles. The predicted octanol–water partition coefficient (Wildman–Crippen LogP) is 2.72. The second kappa shape index (κ2) is 7.56. The summed E-state index contributed by atoms with van der Waals surface area (Å²) in [7, 11) is 0. The molecule has 0 radical (unpaired) electrons. The van der Waals surface area contributed by atoms with Crippen molar-refractivity contribution in [2.24, 2.45) is 23.7 Å². The summed E-state index contributed by atoms with van der Waals surface area (Å²) in [5.41, 5.74) is 1.87. The van der Waals surface area contributed by atoms with Crippen LogP contribution < -0.4 is 5.32 Å². The van der Waals surface area contributed by atoms with Crippen LogP contribution in [0.15, 0.2) is 72.8 Å². The average Bonchev–Trinajstić information content (AvgIpc) is 3.43. The number of nitrogens with one attached hydrogen (secondary N) is 1. The molecule has 2 aromatic rings. The number of hydrogen-bond acceptors (Lipinski definition) is 3. The van der Waals surface area contributed by atoms with Gasteiger partial charge in [0.15, 0.2) is 0 Å². The third kappa shape index (κ3) is 3.24. The van der Waals surface area contributed by atoms with E-state index in [0.717, 1.165) is 17.5 Å². The minimum atomic E-state index is -0.673. The molecule has 2 fully saturated rings. The molecule has 5 nitrogen and oxygen atoms in total. The van der Waals surface area contributed by atoms with E-state index in [0.29, 0.717) is 6.42 Å². The van der Waals surface area contributed by atoms with Crippen molar-refractivity contribution < 1.29 is 14.4 Å². The molecule has 1 saturated carbocycles. The molecule has 3 aliphatic rings. The third-order valence-electron chi connectivity index (χ3n) is 6.62. The highest BCUT2D eigenvalue weighted by molar-refractivity contribution is 6.07. The number of carbonyl (C=O) groups excluding carboxylic acids is 3. The van der Waals surface area contributed by atoms with Crippen LogP contribution in [0.5, 0.6) is 0 Å². The van der Waals surface area contributed by atoms with E-state index in [1.54, 1.807) is 0 Å². The fraction of sp³-hybridized carbons (Fsp3) is 0.320. The topological polar surface area (TPSA) is 66.5 Å². The number of benzene rings is 2. The number of fused-ring (bicyclic) bond motifs is 5. The summed E-state index contributed by atoms with van der Waals surface area (Å²) >= 11 is 0. The maximum absolute atomic E-state index is 13.3. The van der Waals surface area contributed by atoms with Crippen LogP contribution in [0.1, 0.15) is 17.5 Å². The molecule has 5 atom stereocenters. The summed E-state index contributed by atoms with van der Waals surface area (Å²) < 4.78 is 0. The van der Waals surface area contributed by atoms with Gasteiger partial charge in [-0.3, -0.25) is 19.3 Å². The third-order valence-corrected chi connectivity index (χ3v) is 6.62. The fourth-order valence-corrected chi connectivity index (χ4v) is 5.29. The Morgan fingerprint density at radius 1 is 0.867 bits per heavy atom. The molecule has 152 valence electrons. The first kappa shape index (κ1) is 18.8. The lowest BCUT2D eigenvalue weighted by Gasteiger charge is -2.29. The van der Waals surface area contributed by atoms with Gasteiger partial charge in [0.2, 0.25) is 17.7 Å². The molecule has 5 unspecified atom stereocenters. The maximum Gasteiger partial charge on any atom is 0.235 e. The van der Waals surface area contributed by atoms with E-state index in [2.05, 4.69) is 17.5 Å². The first-order valence-electron chi connectivity index (χ1n) is 10.5. The van der Waals surface area contributed by atoms with Crippen LogP contribution in [-0.4, -0.2) is 28.8 Å². The van der Waals surface area contributed by atoms with Crippen molar-refractivity contribution in [2.45, 2.75) is 25.4 Å². The van der Waals surface area contributed by atoms with Gasteiger partial charge in [-0.1, -0.05) is 72.8 Å². The second-order valence-corrected chi connectivity index (χ2v) is 8.48. The van der Waals surface area contributed by atoms with Crippen LogP contribution >= 0.6 is 0 Å². The lowest BCUT2D eigenvalue weighted by molar-refractivity contribution is -0.145. The van der Waals surface area contributed by atoms with Crippen molar-refractivity contribution in [3.8, 4) is 0 Å². The number of imide groups is 1. The molecule has 0 aromatic heterocycles. The normalized spacial score (nSPS) is 27.4. The van der Waals surface area contributed by atoms with Gasteiger partial charge in [-0.25, -0.2) is 0 Å². The van der Waals surface area contributed by atoms with Gasteiger partial charge in [0.25, 0.3) is 0 Å². The second-order valence-electron chi connectivity index (χ2n) is 8.48. The van der Waals surface area contributed by atoms with Crippen LogP contribution in [0.2, 0.25) is 0 Å². The summed E-state index contributed by atoms with van der Waals surface area (Å²) in [6, 6.07) is 19.1. The van der Waals surface area contributed by atoms with Crippen LogP contribution in [0, 0.1) is 23.7 Å². The Bertz CT molecular complexity index is 972. The van der Waals surface area contributed by atoms with Crippen LogP contribution in [0.25, 0.3) is 0 Å². The van der Waals surface area contributed by atoms with Crippen molar-refractivity contribution in [1.29, 1.82) is 0 Å². The van der Waals surface area contributed by atoms with Gasteiger partial charge in [0.05, 0.1) is 18.3 Å². The van der Waals surface area contributed by atoms with E-state index in [-0.39, 0.29) is 47.8 Å². The highest BCUT2D eigenvalue weighted by Gasteiger charge is 2.60. The summed E-state index contributed by atoms with van der Waals surface area (Å²) in [6.07, 6.45) is 5.00. The first-order chi connectivity index (χ1) is 14.6. The Labute approximate surface area is 175 Å². The maximum atomic E-state index is 13.3. The van der Waals surface area contributed by atoms with E-state index in [1.807, 2.05) is 60.7 Å². The molecule has 1 N–H and O–H groups in total. The van der Waals surface area contributed by atoms with Gasteiger partial charge in [-0.05, 0) is 29.4 Å². The molecule has 1 saturated heterocycles. The largest absolute Gasteiger partial charge is 0.335 e. The lowest BCUT2D eigenvalue weighted by atomic mass is 9.85. The van der Waals surface area contributed by atoms with Crippen LogP contribution in [0.3, 0.4) is 0 Å². The Kier molecular flexibility index (Phi) is 4.74. The number of carbonyl (C=O) groups is 3. The zero-order valence-electron chi connectivity index (χ0n) is 16.6. The molecule has 5 rings (SSSR count). The Balaban J connectivity index is 1.39. The summed E-state index contributed by atoms with van der Waals surface area (Å²) in [6.45, 7) is 0. The molecule has 2 aliphatic carbocycles. The number of likely N-dealkylation sites (tertiary alicyclic amines) is 1. The molecule has 2 aromatic carbocycles. The number of amides is 3. The number of nitrogens with zero attached hydrogens (tertiary/aromatic N) is 1. The Morgan fingerprint density at radius 2 is 1.40 bits per heavy atom. The zero-order chi connectivity index (χ0) is 20.7. The molecule has 2 bridgehead atoms. The standard InChI is InChI=1S/C25H24N2O3/c28-21(14-17-9-5-2-6-10-17)26-20(13-16-7-3-1-4-8-16)27-24(29)22-18-11-12-19(15-18)23(22)25(27)30/h1-12,18-20,22-23H,13-15H2,(H,26,28). The van der Waals surface area contributed by atoms with Gasteiger partial charge in [0, 0.05) is 6.42 Å². The number of allylic oxidation sites excluding steroid dienone is 2. The van der Waals surface area contributed by atoms with Crippen LogP contribution in [0.4, 0.5) is 0 Å². The molecule has 0 spiro atoms. The smallest absolute Gasteiger partial charge is 0.235 e. The van der Waals surface area contributed by atoms with Gasteiger partial charge in [-0.15, -0.1) is 0 Å². The summed E-state index contributed by atoms with van der Waals surface area (Å²) in [5, 5.41) is 2.98. The number of rotatable bonds is 6. The van der Waals surface area contributed by atoms with Gasteiger partial charge >= 0.3 is 0 Å². The first-order valence-corrected chi connectivity index (χ1v) is 10.5. The van der Waals surface area contributed by atoms with Gasteiger partial charge in [-0.2, -0.15) is 0 Å². The van der Waals surface area contributed by atoms with Crippen molar-refractivity contribution in [3.63, 3.8) is 0 Å². The Hall–Kier alpha value is -3.21. The highest BCUT2D eigenvalue weighted by atomic mass is 16.2. The monoisotopic (exact) mass is 400 g/mol. The minimum absolute atomic E-state index is 0.136. The van der Waals surface area contributed by atoms with E-state index >= 15 is 0 Å². The molecule has 30 heavy (non-hydrogen) atoms. The molecular formula is C25H24N2O3. The lowest BCUT2D eigenvalue weighted by Crippen LogP contribution is -2.53. The molecular weight excluding hydrogens is 376 g/mol. The van der Waals surface area contributed by atoms with Gasteiger partial charge < -0.3 is 5.32 Å². The average molecular weight is 400 g/mol. The Morgan fingerprint density at radius 3 is 1.97 bits per heavy atom. The molecule has 5 heteroatoms. The van der Waals surface area contributed by atoms with E-state index < -0.39 is 6.17 Å². The fourth-order valence-electron chi connectivity index (χ4n) is 5.29. The van der Waals surface area contributed by atoms with Crippen molar-refractivity contribution in [3.05, 3.63) is 83.9 Å². The van der Waals surface area contributed by atoms with Crippen molar-refractivity contribution in [2.75, 3.05) is 0 Å². The highest BCUT2D eigenvalue weighted by Crippen LogP contribution is 2.52. The quantitative estimate of drug-likeness (QED) is 0.599. The summed E-state index contributed by atoms with van der Waals surface area (Å²) in [5.74, 6) is -0.697. The predicted molar refractivity (Wildman–Crippen MR) is 112 cm³/mol. The van der Waals surface area contributed by atoms with E-state index in [1.165, 1.54) is 4.90 Å². The van der Waals surface area contributed by atoms with Crippen LogP contribution in [-0.2, 0) is 27.2 Å². The summed E-state index contributed by atoms with van der Waals surface area (Å²) in [4.78, 5) is 40.7. The zero-order valence-corrected chi connectivity index (χ0v) is 16.6. The number of hydrogen-bond donors (Lipinski definition) is 1. The van der Waals surface area contributed by atoms with E-state index in [4.69, 9.17) is 0 Å². The minimum Gasteiger partial charge on any atom is -0.335 e.